The summed E-state index contributed by atoms with van der Waals surface area (Å²) in [6, 6.07) is 7.03. The van der Waals surface area contributed by atoms with Gasteiger partial charge in [-0.15, -0.1) is 0 Å². The lowest BCUT2D eigenvalue weighted by Gasteiger charge is -2.29. The van der Waals surface area contributed by atoms with E-state index in [-0.39, 0.29) is 11.9 Å². The van der Waals surface area contributed by atoms with Crippen molar-refractivity contribution < 1.29 is 14.6 Å². The Bertz CT molecular complexity index is 724. The third-order valence-corrected chi connectivity index (χ3v) is 6.16. The first kappa shape index (κ1) is 18.8. The van der Waals surface area contributed by atoms with Gasteiger partial charge in [-0.25, -0.2) is 4.98 Å². The average Bonchev–Trinajstić information content (AvgIpc) is 3.07. The fourth-order valence-electron chi connectivity index (χ4n) is 3.16. The number of aliphatic hydroxyl groups excluding tert-OH is 1. The van der Waals surface area contributed by atoms with E-state index < -0.39 is 6.10 Å². The smallest absolute Gasteiger partial charge is 0.253 e. The SMILES string of the molecule is COc1ccc(C(O)C(=O)NC2CCC(Sc3nccn3C)CC2)cc1. The van der Waals surface area contributed by atoms with Crippen molar-refractivity contribution in [2.45, 2.75) is 48.2 Å². The van der Waals surface area contributed by atoms with E-state index in [9.17, 15) is 9.90 Å². The summed E-state index contributed by atoms with van der Waals surface area (Å²) in [5.41, 5.74) is 0.572. The number of rotatable bonds is 6. The maximum absolute atomic E-state index is 12.3. The van der Waals surface area contributed by atoms with Crippen LogP contribution in [0.25, 0.3) is 0 Å². The van der Waals surface area contributed by atoms with E-state index in [2.05, 4.69) is 10.3 Å². The van der Waals surface area contributed by atoms with Crippen LogP contribution in [0.15, 0.2) is 41.8 Å². The Morgan fingerprint density at radius 1 is 1.31 bits per heavy atom. The quantitative estimate of drug-likeness (QED) is 0.812. The van der Waals surface area contributed by atoms with Gasteiger partial charge in [0.2, 0.25) is 0 Å². The predicted octanol–water partition coefficient (Wildman–Crippen LogP) is 2.68. The molecule has 1 heterocycles. The zero-order valence-corrected chi connectivity index (χ0v) is 15.9. The molecule has 6 nitrogen and oxygen atoms in total. The molecule has 7 heteroatoms. The Morgan fingerprint density at radius 2 is 2.00 bits per heavy atom. The van der Waals surface area contributed by atoms with E-state index >= 15 is 0 Å². The summed E-state index contributed by atoms with van der Waals surface area (Å²) >= 11 is 1.80. The number of imidazole rings is 1. The van der Waals surface area contributed by atoms with E-state index in [0.29, 0.717) is 16.6 Å². The molecule has 2 N–H and O–H groups in total. The van der Waals surface area contributed by atoms with E-state index in [1.807, 2.05) is 24.0 Å². The van der Waals surface area contributed by atoms with Crippen molar-refractivity contribution in [3.05, 3.63) is 42.2 Å². The highest BCUT2D eigenvalue weighted by Crippen LogP contribution is 2.33. The zero-order chi connectivity index (χ0) is 18.5. The van der Waals surface area contributed by atoms with Crippen LogP contribution in [0.3, 0.4) is 0 Å². The number of methoxy groups -OCH3 is 1. The summed E-state index contributed by atoms with van der Waals surface area (Å²) in [4.78, 5) is 16.7. The maximum atomic E-state index is 12.3. The fourth-order valence-corrected chi connectivity index (χ4v) is 4.31. The van der Waals surface area contributed by atoms with Crippen LogP contribution in [-0.2, 0) is 11.8 Å². The molecule has 3 rings (SSSR count). The maximum Gasteiger partial charge on any atom is 0.253 e. The summed E-state index contributed by atoms with van der Waals surface area (Å²) in [5.74, 6) is 0.361. The molecular weight excluding hydrogens is 350 g/mol. The molecule has 1 aromatic heterocycles. The van der Waals surface area contributed by atoms with Gasteiger partial charge in [-0.1, -0.05) is 23.9 Å². The predicted molar refractivity (Wildman–Crippen MR) is 101 cm³/mol. The summed E-state index contributed by atoms with van der Waals surface area (Å²) in [6.45, 7) is 0. The van der Waals surface area contributed by atoms with Crippen molar-refractivity contribution in [1.29, 1.82) is 0 Å². The van der Waals surface area contributed by atoms with Gasteiger partial charge in [0.15, 0.2) is 11.3 Å². The molecule has 0 spiro atoms. The molecule has 26 heavy (non-hydrogen) atoms. The third-order valence-electron chi connectivity index (χ3n) is 4.75. The molecule has 1 fully saturated rings. The number of nitrogens with zero attached hydrogens (tertiary/aromatic N) is 2. The first-order valence-electron chi connectivity index (χ1n) is 8.83. The monoisotopic (exact) mass is 375 g/mol. The first-order valence-corrected chi connectivity index (χ1v) is 9.71. The molecule has 1 atom stereocenters. The Kier molecular flexibility index (Phi) is 6.21. The average molecular weight is 375 g/mol. The minimum absolute atomic E-state index is 0.119. The molecule has 1 unspecified atom stereocenters. The minimum Gasteiger partial charge on any atom is -0.497 e. The highest BCUT2D eigenvalue weighted by Gasteiger charge is 2.26. The van der Waals surface area contributed by atoms with Crippen LogP contribution in [-0.4, -0.2) is 39.0 Å². The van der Waals surface area contributed by atoms with Gasteiger partial charge in [0.1, 0.15) is 5.75 Å². The number of carbonyl (C=O) groups is 1. The van der Waals surface area contributed by atoms with Gasteiger partial charge < -0.3 is 19.7 Å². The first-order chi connectivity index (χ1) is 12.6. The van der Waals surface area contributed by atoms with Crippen molar-refractivity contribution >= 4 is 17.7 Å². The lowest BCUT2D eigenvalue weighted by Crippen LogP contribution is -2.40. The van der Waals surface area contributed by atoms with Gasteiger partial charge in [0.05, 0.1) is 7.11 Å². The second kappa shape index (κ2) is 8.60. The number of aliphatic hydroxyl groups is 1. The molecule has 0 aliphatic heterocycles. The van der Waals surface area contributed by atoms with E-state index in [1.54, 1.807) is 43.1 Å². The standard InChI is InChI=1S/C19H25N3O3S/c1-22-12-11-20-19(22)26-16-9-5-14(6-10-16)21-18(24)17(23)13-3-7-15(25-2)8-4-13/h3-4,7-8,11-12,14,16-17,23H,5-6,9-10H2,1-2H3,(H,21,24). The number of nitrogens with one attached hydrogen (secondary N) is 1. The largest absolute Gasteiger partial charge is 0.497 e. The van der Waals surface area contributed by atoms with Gasteiger partial charge in [-0.3, -0.25) is 4.79 Å². The third kappa shape index (κ3) is 4.59. The molecule has 0 radical (unpaired) electrons. The summed E-state index contributed by atoms with van der Waals surface area (Å²) in [5, 5.41) is 14.8. The highest BCUT2D eigenvalue weighted by molar-refractivity contribution is 7.99. The Hall–Kier alpha value is -1.99. The molecule has 0 saturated heterocycles. The molecule has 1 aromatic carbocycles. The molecule has 0 bridgehead atoms. The highest BCUT2D eigenvalue weighted by atomic mass is 32.2. The topological polar surface area (TPSA) is 76.4 Å². The Balaban J connectivity index is 1.47. The van der Waals surface area contributed by atoms with Crippen LogP contribution < -0.4 is 10.1 Å². The summed E-state index contributed by atoms with van der Waals surface area (Å²) in [7, 11) is 3.59. The number of amides is 1. The molecule has 1 aliphatic rings. The van der Waals surface area contributed by atoms with E-state index in [0.717, 1.165) is 30.8 Å². The van der Waals surface area contributed by atoms with Crippen LogP contribution in [0.5, 0.6) is 5.75 Å². The van der Waals surface area contributed by atoms with Gasteiger partial charge >= 0.3 is 0 Å². The van der Waals surface area contributed by atoms with Crippen LogP contribution >= 0.6 is 11.8 Å². The number of benzene rings is 1. The van der Waals surface area contributed by atoms with Crippen LogP contribution in [0.2, 0.25) is 0 Å². The van der Waals surface area contributed by atoms with Crippen molar-refractivity contribution in [1.82, 2.24) is 14.9 Å². The molecule has 1 saturated carbocycles. The van der Waals surface area contributed by atoms with Crippen molar-refractivity contribution in [2.24, 2.45) is 7.05 Å². The van der Waals surface area contributed by atoms with Crippen molar-refractivity contribution in [3.8, 4) is 5.75 Å². The zero-order valence-electron chi connectivity index (χ0n) is 15.1. The van der Waals surface area contributed by atoms with Gasteiger partial charge in [-0.05, 0) is 43.4 Å². The summed E-state index contributed by atoms with van der Waals surface area (Å²) in [6.07, 6.45) is 6.51. The molecule has 2 aromatic rings. The molecule has 1 aliphatic carbocycles. The van der Waals surface area contributed by atoms with Crippen LogP contribution in [0.1, 0.15) is 37.4 Å². The van der Waals surface area contributed by atoms with Crippen molar-refractivity contribution in [2.75, 3.05) is 7.11 Å². The number of aryl methyl sites for hydroxylation is 1. The number of ether oxygens (including phenoxy) is 1. The molecular formula is C19H25N3O3S. The number of hydrogen-bond acceptors (Lipinski definition) is 5. The van der Waals surface area contributed by atoms with E-state index in [4.69, 9.17) is 4.74 Å². The van der Waals surface area contributed by atoms with Gasteiger partial charge in [0, 0.05) is 30.7 Å². The van der Waals surface area contributed by atoms with Gasteiger partial charge in [-0.2, -0.15) is 0 Å². The second-order valence-corrected chi connectivity index (χ2v) is 7.86. The Morgan fingerprint density at radius 3 is 2.58 bits per heavy atom. The van der Waals surface area contributed by atoms with Crippen LogP contribution in [0.4, 0.5) is 0 Å². The number of thioether (sulfide) groups is 1. The fraction of sp³-hybridized carbons (Fsp3) is 0.474. The van der Waals surface area contributed by atoms with Crippen molar-refractivity contribution in [3.63, 3.8) is 0 Å². The molecule has 1 amide bonds. The number of carbonyl (C=O) groups excluding carboxylic acids is 1. The van der Waals surface area contributed by atoms with Gasteiger partial charge in [0.25, 0.3) is 5.91 Å². The lowest BCUT2D eigenvalue weighted by molar-refractivity contribution is -0.130. The van der Waals surface area contributed by atoms with E-state index in [1.165, 1.54) is 0 Å². The summed E-state index contributed by atoms with van der Waals surface area (Å²) < 4.78 is 7.13. The second-order valence-electron chi connectivity index (χ2n) is 6.60. The lowest BCUT2D eigenvalue weighted by atomic mass is 9.94. The minimum atomic E-state index is -1.15. The molecule has 140 valence electrons. The normalized spacial score (nSPS) is 21.2. The number of hydrogen-bond donors (Lipinski definition) is 2. The van der Waals surface area contributed by atoms with Crippen LogP contribution in [0, 0.1) is 0 Å². The number of aromatic nitrogens is 2. The Labute approximate surface area is 158 Å².